The first-order valence-electron chi connectivity index (χ1n) is 5.42. The molecule has 0 spiro atoms. The average Bonchev–Trinajstić information content (AvgIpc) is 2.59. The predicted molar refractivity (Wildman–Crippen MR) is 62.5 cm³/mol. The lowest BCUT2D eigenvalue weighted by atomic mass is 9.96. The van der Waals surface area contributed by atoms with Gasteiger partial charge in [-0.3, -0.25) is 0 Å². The molecule has 0 atom stereocenters. The second-order valence-corrected chi connectivity index (χ2v) is 6.49. The zero-order valence-electron chi connectivity index (χ0n) is 9.69. The van der Waals surface area contributed by atoms with Crippen LogP contribution < -0.4 is 5.73 Å². The largest absolute Gasteiger partial charge is 0.319 e. The van der Waals surface area contributed by atoms with Crippen LogP contribution >= 0.6 is 11.3 Å². The fraction of sp³-hybridized carbons (Fsp3) is 0.700. The molecule has 2 aromatic rings. The Kier molecular flexibility index (Phi) is 1.78. The first-order chi connectivity index (χ1) is 7.40. The molecule has 2 N–H and O–H groups in total. The molecular weight excluding hydrogens is 222 g/mol. The third kappa shape index (κ3) is 1.36. The fourth-order valence-corrected chi connectivity index (χ4v) is 2.63. The zero-order chi connectivity index (χ0) is 11.6. The van der Waals surface area contributed by atoms with Crippen molar-refractivity contribution in [2.75, 3.05) is 0 Å². The highest BCUT2D eigenvalue weighted by atomic mass is 32.1. The molecule has 0 bridgehead atoms. The van der Waals surface area contributed by atoms with Gasteiger partial charge in [-0.1, -0.05) is 32.1 Å². The Balaban J connectivity index is 2.16. The van der Waals surface area contributed by atoms with E-state index in [1.54, 1.807) is 11.3 Å². The molecule has 3 rings (SSSR count). The van der Waals surface area contributed by atoms with Gasteiger partial charge in [-0.15, -0.1) is 10.2 Å². The van der Waals surface area contributed by atoms with E-state index in [0.717, 1.165) is 28.6 Å². The second-order valence-electron chi connectivity index (χ2n) is 5.53. The zero-order valence-corrected chi connectivity index (χ0v) is 10.5. The molecule has 2 heterocycles. The van der Waals surface area contributed by atoms with Crippen molar-refractivity contribution >= 4 is 16.3 Å². The minimum absolute atomic E-state index is 0.0456. The minimum Gasteiger partial charge on any atom is -0.319 e. The quantitative estimate of drug-likeness (QED) is 0.814. The molecule has 1 aliphatic carbocycles. The molecular formula is C10H15N5S. The summed E-state index contributed by atoms with van der Waals surface area (Å²) in [7, 11) is 0. The molecule has 1 fully saturated rings. The molecule has 5 nitrogen and oxygen atoms in total. The van der Waals surface area contributed by atoms with E-state index in [1.807, 2.05) is 4.52 Å². The lowest BCUT2D eigenvalue weighted by molar-refractivity contribution is 0.524. The lowest BCUT2D eigenvalue weighted by Crippen LogP contribution is -2.20. The van der Waals surface area contributed by atoms with Crippen molar-refractivity contribution in [2.24, 2.45) is 5.73 Å². The van der Waals surface area contributed by atoms with Crippen molar-refractivity contribution in [1.82, 2.24) is 19.8 Å². The van der Waals surface area contributed by atoms with Crippen LogP contribution in [0.15, 0.2) is 0 Å². The van der Waals surface area contributed by atoms with E-state index >= 15 is 0 Å². The van der Waals surface area contributed by atoms with Crippen LogP contribution in [0, 0.1) is 0 Å². The van der Waals surface area contributed by atoms with Crippen molar-refractivity contribution < 1.29 is 0 Å². The first kappa shape index (κ1) is 10.2. The van der Waals surface area contributed by atoms with Gasteiger partial charge in [0.1, 0.15) is 5.01 Å². The summed E-state index contributed by atoms with van der Waals surface area (Å²) in [5, 5.41) is 13.9. The average molecular weight is 237 g/mol. The number of fused-ring (bicyclic) bond motifs is 1. The predicted octanol–water partition coefficient (Wildman–Crippen LogP) is 1.43. The van der Waals surface area contributed by atoms with Gasteiger partial charge < -0.3 is 5.73 Å². The molecule has 0 aliphatic heterocycles. The smallest absolute Gasteiger partial charge is 0.234 e. The number of nitrogens with zero attached hydrogens (tertiary/aromatic N) is 4. The molecule has 0 amide bonds. The van der Waals surface area contributed by atoms with Gasteiger partial charge in [0, 0.05) is 5.41 Å². The van der Waals surface area contributed by atoms with Gasteiger partial charge in [0.25, 0.3) is 0 Å². The number of hydrogen-bond acceptors (Lipinski definition) is 5. The molecule has 1 aliphatic rings. The van der Waals surface area contributed by atoms with Crippen molar-refractivity contribution in [3.05, 3.63) is 10.8 Å². The van der Waals surface area contributed by atoms with E-state index in [0.29, 0.717) is 0 Å². The summed E-state index contributed by atoms with van der Waals surface area (Å²) in [6.45, 7) is 6.33. The fourth-order valence-electron chi connectivity index (χ4n) is 1.63. The SMILES string of the molecule is CC(C)(C)c1nnc2sc(C3(N)CC3)nn12. The van der Waals surface area contributed by atoms with E-state index in [4.69, 9.17) is 5.73 Å². The highest BCUT2D eigenvalue weighted by Gasteiger charge is 2.44. The van der Waals surface area contributed by atoms with Crippen molar-refractivity contribution in [3.63, 3.8) is 0 Å². The minimum atomic E-state index is -0.180. The van der Waals surface area contributed by atoms with E-state index in [2.05, 4.69) is 36.1 Å². The van der Waals surface area contributed by atoms with Crippen LogP contribution in [0.2, 0.25) is 0 Å². The number of nitrogens with two attached hydrogens (primary N) is 1. The lowest BCUT2D eigenvalue weighted by Gasteiger charge is -2.13. The van der Waals surface area contributed by atoms with Crippen LogP contribution in [0.3, 0.4) is 0 Å². The standard InChI is InChI=1S/C10H15N5S/c1-9(2,3)6-12-13-8-15(6)14-7(16-8)10(11)4-5-10/h4-5,11H2,1-3H3. The Morgan fingerprint density at radius 1 is 1.31 bits per heavy atom. The Morgan fingerprint density at radius 2 is 2.00 bits per heavy atom. The molecule has 0 saturated heterocycles. The summed E-state index contributed by atoms with van der Waals surface area (Å²) in [4.78, 5) is 0.844. The molecule has 86 valence electrons. The topological polar surface area (TPSA) is 69.1 Å². The maximum absolute atomic E-state index is 6.14. The third-order valence-corrected chi connectivity index (χ3v) is 3.99. The Hall–Kier alpha value is -1.01. The van der Waals surface area contributed by atoms with Crippen LogP contribution in [0.5, 0.6) is 0 Å². The summed E-state index contributed by atoms with van der Waals surface area (Å²) in [6, 6.07) is 0. The van der Waals surface area contributed by atoms with E-state index in [-0.39, 0.29) is 11.0 Å². The van der Waals surface area contributed by atoms with E-state index < -0.39 is 0 Å². The summed E-state index contributed by atoms with van der Waals surface area (Å²) >= 11 is 1.56. The monoisotopic (exact) mass is 237 g/mol. The van der Waals surface area contributed by atoms with Crippen LogP contribution in [-0.4, -0.2) is 19.8 Å². The Labute approximate surface area is 97.7 Å². The molecule has 0 radical (unpaired) electrons. The van der Waals surface area contributed by atoms with Gasteiger partial charge in [0.05, 0.1) is 5.54 Å². The Morgan fingerprint density at radius 3 is 2.56 bits per heavy atom. The van der Waals surface area contributed by atoms with Gasteiger partial charge in [0.15, 0.2) is 5.82 Å². The van der Waals surface area contributed by atoms with Gasteiger partial charge >= 0.3 is 0 Å². The molecule has 6 heteroatoms. The summed E-state index contributed by atoms with van der Waals surface area (Å²) in [6.07, 6.45) is 2.06. The van der Waals surface area contributed by atoms with Crippen LogP contribution in [0.25, 0.3) is 4.96 Å². The highest BCUT2D eigenvalue weighted by Crippen LogP contribution is 2.44. The van der Waals surface area contributed by atoms with Crippen molar-refractivity contribution in [3.8, 4) is 0 Å². The highest BCUT2D eigenvalue weighted by molar-refractivity contribution is 7.16. The first-order valence-corrected chi connectivity index (χ1v) is 6.24. The summed E-state index contributed by atoms with van der Waals surface area (Å²) < 4.78 is 1.84. The van der Waals surface area contributed by atoms with E-state index in [9.17, 15) is 0 Å². The summed E-state index contributed by atoms with van der Waals surface area (Å²) in [5.41, 5.74) is 5.91. The Bertz CT molecular complexity index is 543. The number of rotatable bonds is 1. The molecule has 2 aromatic heterocycles. The maximum Gasteiger partial charge on any atom is 0.234 e. The third-order valence-electron chi connectivity index (χ3n) is 2.88. The maximum atomic E-state index is 6.14. The van der Waals surface area contributed by atoms with Crippen LogP contribution in [0.1, 0.15) is 44.4 Å². The van der Waals surface area contributed by atoms with Crippen molar-refractivity contribution in [1.29, 1.82) is 0 Å². The van der Waals surface area contributed by atoms with Crippen LogP contribution in [-0.2, 0) is 11.0 Å². The van der Waals surface area contributed by atoms with Crippen LogP contribution in [0.4, 0.5) is 0 Å². The normalized spacial score (nSPS) is 19.2. The number of aromatic nitrogens is 4. The van der Waals surface area contributed by atoms with Gasteiger partial charge in [-0.2, -0.15) is 9.61 Å². The second kappa shape index (κ2) is 2.81. The molecule has 1 saturated carbocycles. The van der Waals surface area contributed by atoms with Gasteiger partial charge in [-0.05, 0) is 12.8 Å². The molecule has 16 heavy (non-hydrogen) atoms. The van der Waals surface area contributed by atoms with Crippen molar-refractivity contribution in [2.45, 2.75) is 44.6 Å². The van der Waals surface area contributed by atoms with E-state index in [1.165, 1.54) is 0 Å². The summed E-state index contributed by atoms with van der Waals surface area (Å²) in [5.74, 6) is 0.897. The number of hydrogen-bond donors (Lipinski definition) is 1. The van der Waals surface area contributed by atoms with Gasteiger partial charge in [0.2, 0.25) is 4.96 Å². The molecule has 0 unspecified atom stereocenters. The molecule has 0 aromatic carbocycles. The van der Waals surface area contributed by atoms with Gasteiger partial charge in [-0.25, -0.2) is 0 Å².